The summed E-state index contributed by atoms with van der Waals surface area (Å²) in [7, 11) is 0. The van der Waals surface area contributed by atoms with Gasteiger partial charge in [0, 0.05) is 17.5 Å². The molecule has 0 aliphatic rings. The third-order valence-corrected chi connectivity index (χ3v) is 3.65. The monoisotopic (exact) mass is 315 g/mol. The minimum atomic E-state index is -0.422. The predicted molar refractivity (Wildman–Crippen MR) is 85.4 cm³/mol. The highest BCUT2D eigenvalue weighted by Crippen LogP contribution is 2.19. The zero-order valence-electron chi connectivity index (χ0n) is 12.0. The first-order valence-electron chi connectivity index (χ1n) is 6.89. The Bertz CT molecular complexity index is 908. The fraction of sp³-hybridized carbons (Fsp3) is 0.176. The van der Waals surface area contributed by atoms with Gasteiger partial charge in [0.05, 0.1) is 12.1 Å². The van der Waals surface area contributed by atoms with Gasteiger partial charge in [-0.2, -0.15) is 0 Å². The molecule has 0 radical (unpaired) electrons. The summed E-state index contributed by atoms with van der Waals surface area (Å²) in [5, 5.41) is 0.525. The highest BCUT2D eigenvalue weighted by atomic mass is 35.5. The standard InChI is InChI=1S/C17H14ClNO3/c1-11(20)7-12-3-2-4-13(8-12)10-19-15-6-5-14(18)9-16(15)22-17(19)21/h2-6,8-9H,7,10H2,1H3. The van der Waals surface area contributed by atoms with Crippen LogP contribution in [0, 0.1) is 0 Å². The second-order valence-electron chi connectivity index (χ2n) is 5.26. The van der Waals surface area contributed by atoms with E-state index < -0.39 is 5.76 Å². The number of benzene rings is 2. The first-order chi connectivity index (χ1) is 10.5. The van der Waals surface area contributed by atoms with E-state index in [9.17, 15) is 9.59 Å². The quantitative estimate of drug-likeness (QED) is 0.741. The zero-order valence-corrected chi connectivity index (χ0v) is 12.8. The van der Waals surface area contributed by atoms with Gasteiger partial charge in [-0.05, 0) is 30.2 Å². The second kappa shape index (κ2) is 5.81. The number of fused-ring (bicyclic) bond motifs is 1. The van der Waals surface area contributed by atoms with Crippen molar-refractivity contribution in [1.82, 2.24) is 4.57 Å². The highest BCUT2D eigenvalue weighted by molar-refractivity contribution is 6.31. The van der Waals surface area contributed by atoms with Gasteiger partial charge in [0.1, 0.15) is 5.78 Å². The Morgan fingerprint density at radius 3 is 2.73 bits per heavy atom. The van der Waals surface area contributed by atoms with Gasteiger partial charge in [-0.15, -0.1) is 0 Å². The van der Waals surface area contributed by atoms with Crippen LogP contribution < -0.4 is 5.76 Å². The molecule has 4 nitrogen and oxygen atoms in total. The van der Waals surface area contributed by atoms with Crippen LogP contribution in [0.4, 0.5) is 0 Å². The Morgan fingerprint density at radius 1 is 1.18 bits per heavy atom. The number of Topliss-reactive ketones (excluding diaryl/α,β-unsaturated/α-hetero) is 1. The van der Waals surface area contributed by atoms with Crippen LogP contribution in [0.15, 0.2) is 51.7 Å². The van der Waals surface area contributed by atoms with E-state index in [-0.39, 0.29) is 5.78 Å². The zero-order chi connectivity index (χ0) is 15.7. The van der Waals surface area contributed by atoms with Crippen molar-refractivity contribution in [2.75, 3.05) is 0 Å². The second-order valence-corrected chi connectivity index (χ2v) is 5.70. The maximum atomic E-state index is 12.0. The van der Waals surface area contributed by atoms with Crippen LogP contribution in [0.3, 0.4) is 0 Å². The van der Waals surface area contributed by atoms with Crippen molar-refractivity contribution >= 4 is 28.5 Å². The minimum absolute atomic E-state index is 0.109. The molecule has 0 saturated carbocycles. The summed E-state index contributed by atoms with van der Waals surface area (Å²) in [4.78, 5) is 23.2. The molecule has 0 amide bonds. The number of nitrogens with zero attached hydrogens (tertiary/aromatic N) is 1. The van der Waals surface area contributed by atoms with Gasteiger partial charge < -0.3 is 4.42 Å². The van der Waals surface area contributed by atoms with Gasteiger partial charge in [-0.3, -0.25) is 9.36 Å². The van der Waals surface area contributed by atoms with E-state index in [0.29, 0.717) is 29.1 Å². The van der Waals surface area contributed by atoms with E-state index >= 15 is 0 Å². The number of oxazole rings is 1. The number of carbonyl (C=O) groups excluding carboxylic acids is 1. The molecular formula is C17H14ClNO3. The molecule has 112 valence electrons. The summed E-state index contributed by atoms with van der Waals surface area (Å²) in [5.41, 5.74) is 3.05. The maximum Gasteiger partial charge on any atom is 0.420 e. The summed E-state index contributed by atoms with van der Waals surface area (Å²) in [5.74, 6) is -0.313. The Hall–Kier alpha value is -2.33. The lowest BCUT2D eigenvalue weighted by atomic mass is 10.1. The van der Waals surface area contributed by atoms with Crippen LogP contribution in [-0.2, 0) is 17.8 Å². The van der Waals surface area contributed by atoms with Crippen LogP contribution in [0.5, 0.6) is 0 Å². The summed E-state index contributed by atoms with van der Waals surface area (Å²) < 4.78 is 6.77. The number of carbonyl (C=O) groups is 1. The molecule has 0 saturated heterocycles. The predicted octanol–water partition coefficient (Wildman–Crippen LogP) is 3.43. The Morgan fingerprint density at radius 2 is 1.95 bits per heavy atom. The molecule has 0 bridgehead atoms. The molecule has 0 fully saturated rings. The molecule has 3 rings (SSSR count). The lowest BCUT2D eigenvalue weighted by Crippen LogP contribution is -2.15. The first-order valence-corrected chi connectivity index (χ1v) is 7.27. The van der Waals surface area contributed by atoms with Crippen LogP contribution in [-0.4, -0.2) is 10.4 Å². The number of aromatic nitrogens is 1. The third kappa shape index (κ3) is 2.97. The van der Waals surface area contributed by atoms with Crippen LogP contribution in [0.1, 0.15) is 18.1 Å². The van der Waals surface area contributed by atoms with Crippen molar-refractivity contribution in [3.8, 4) is 0 Å². The molecule has 0 N–H and O–H groups in total. The molecule has 1 aromatic heterocycles. The molecule has 0 aliphatic carbocycles. The average molecular weight is 316 g/mol. The van der Waals surface area contributed by atoms with Crippen molar-refractivity contribution in [3.63, 3.8) is 0 Å². The lowest BCUT2D eigenvalue weighted by molar-refractivity contribution is -0.116. The number of hydrogen-bond acceptors (Lipinski definition) is 3. The van der Waals surface area contributed by atoms with Crippen molar-refractivity contribution in [1.29, 1.82) is 0 Å². The van der Waals surface area contributed by atoms with Gasteiger partial charge in [0.25, 0.3) is 0 Å². The number of rotatable bonds is 4. The van der Waals surface area contributed by atoms with Gasteiger partial charge in [-0.25, -0.2) is 4.79 Å². The topological polar surface area (TPSA) is 52.2 Å². The van der Waals surface area contributed by atoms with Gasteiger partial charge in [-0.1, -0.05) is 35.9 Å². The third-order valence-electron chi connectivity index (χ3n) is 3.42. The SMILES string of the molecule is CC(=O)Cc1cccc(Cn2c(=O)oc3cc(Cl)ccc32)c1. The highest BCUT2D eigenvalue weighted by Gasteiger charge is 2.10. The first kappa shape index (κ1) is 14.6. The van der Waals surface area contributed by atoms with Crippen molar-refractivity contribution < 1.29 is 9.21 Å². The van der Waals surface area contributed by atoms with E-state index in [4.69, 9.17) is 16.0 Å². The van der Waals surface area contributed by atoms with Gasteiger partial charge in [0.15, 0.2) is 5.58 Å². The normalized spacial score (nSPS) is 11.0. The fourth-order valence-corrected chi connectivity index (χ4v) is 2.66. The number of halogens is 1. The van der Waals surface area contributed by atoms with Crippen molar-refractivity contribution in [2.24, 2.45) is 0 Å². The van der Waals surface area contributed by atoms with E-state index in [0.717, 1.165) is 11.1 Å². The average Bonchev–Trinajstić information content (AvgIpc) is 2.74. The Kier molecular flexibility index (Phi) is 3.86. The molecule has 1 heterocycles. The van der Waals surface area contributed by atoms with E-state index in [1.807, 2.05) is 24.3 Å². The van der Waals surface area contributed by atoms with Crippen LogP contribution >= 0.6 is 11.6 Å². The van der Waals surface area contributed by atoms with E-state index in [1.54, 1.807) is 29.7 Å². The molecule has 22 heavy (non-hydrogen) atoms. The van der Waals surface area contributed by atoms with Crippen LogP contribution in [0.2, 0.25) is 5.02 Å². The van der Waals surface area contributed by atoms with Crippen molar-refractivity contribution in [3.05, 3.63) is 69.2 Å². The molecule has 0 unspecified atom stereocenters. The summed E-state index contributed by atoms with van der Waals surface area (Å²) in [6.07, 6.45) is 0.393. The maximum absolute atomic E-state index is 12.0. The number of ketones is 1. The van der Waals surface area contributed by atoms with E-state index in [1.165, 1.54) is 0 Å². The molecule has 5 heteroatoms. The largest absolute Gasteiger partial charge is 0.420 e. The summed E-state index contributed by atoms with van der Waals surface area (Å²) >= 11 is 5.91. The van der Waals surface area contributed by atoms with E-state index in [2.05, 4.69) is 0 Å². The number of hydrogen-bond donors (Lipinski definition) is 0. The molecule has 0 atom stereocenters. The summed E-state index contributed by atoms with van der Waals surface area (Å²) in [6.45, 7) is 1.95. The van der Waals surface area contributed by atoms with Gasteiger partial charge >= 0.3 is 5.76 Å². The molecule has 3 aromatic rings. The Labute approximate surface area is 131 Å². The lowest BCUT2D eigenvalue weighted by Gasteiger charge is -2.05. The van der Waals surface area contributed by atoms with Crippen LogP contribution in [0.25, 0.3) is 11.1 Å². The summed E-state index contributed by atoms with van der Waals surface area (Å²) in [6, 6.07) is 12.8. The van der Waals surface area contributed by atoms with Crippen molar-refractivity contribution in [2.45, 2.75) is 19.9 Å². The molecule has 0 aliphatic heterocycles. The minimum Gasteiger partial charge on any atom is -0.408 e. The molecular weight excluding hydrogens is 302 g/mol. The molecule has 0 spiro atoms. The van der Waals surface area contributed by atoms with Gasteiger partial charge in [0.2, 0.25) is 0 Å². The molecule has 2 aromatic carbocycles. The Balaban J connectivity index is 1.98. The smallest absolute Gasteiger partial charge is 0.408 e. The fourth-order valence-electron chi connectivity index (χ4n) is 2.50.